The number of carbonyl (C=O) groups is 2. The molecule has 0 atom stereocenters. The van der Waals surface area contributed by atoms with Crippen LogP contribution in [0.15, 0.2) is 47.8 Å². The number of nitrogens with zero attached hydrogens (tertiary/aromatic N) is 2. The highest BCUT2D eigenvalue weighted by atomic mass is 19.4. The summed E-state index contributed by atoms with van der Waals surface area (Å²) in [4.78, 5) is 32.5. The molecular weight excluding hydrogens is 401 g/mol. The first kappa shape index (κ1) is 21.5. The molecule has 0 N–H and O–H groups in total. The molecule has 30 heavy (non-hydrogen) atoms. The molecule has 0 unspecified atom stereocenters. The third-order valence-corrected chi connectivity index (χ3v) is 4.66. The monoisotopic (exact) mass is 420 g/mol. The van der Waals surface area contributed by atoms with Crippen molar-refractivity contribution in [2.45, 2.75) is 32.5 Å². The van der Waals surface area contributed by atoms with E-state index >= 15 is 0 Å². The van der Waals surface area contributed by atoms with Gasteiger partial charge in [0.15, 0.2) is 0 Å². The molecule has 1 aliphatic carbocycles. The number of carbonyl (C=O) groups excluding carboxylic acids is 2. The fraction of sp³-hybridized carbons (Fsp3) is 0.333. The molecule has 0 radical (unpaired) electrons. The number of ketones is 2. The quantitative estimate of drug-likeness (QED) is 0.385. The molecule has 0 bridgehead atoms. The van der Waals surface area contributed by atoms with E-state index in [4.69, 9.17) is 9.57 Å². The summed E-state index contributed by atoms with van der Waals surface area (Å²) in [7, 11) is 0. The molecule has 6 nitrogen and oxygen atoms in total. The van der Waals surface area contributed by atoms with E-state index in [-0.39, 0.29) is 43.5 Å². The Labute approximate surface area is 170 Å². The molecule has 3 rings (SSSR count). The van der Waals surface area contributed by atoms with Gasteiger partial charge in [0.25, 0.3) is 0 Å². The lowest BCUT2D eigenvalue weighted by atomic mass is 10.1. The van der Waals surface area contributed by atoms with Gasteiger partial charge in [-0.15, -0.1) is 0 Å². The van der Waals surface area contributed by atoms with Crippen molar-refractivity contribution in [3.05, 3.63) is 59.3 Å². The highest BCUT2D eigenvalue weighted by Gasteiger charge is 2.33. The summed E-state index contributed by atoms with van der Waals surface area (Å²) in [6.07, 6.45) is -2.34. The average Bonchev–Trinajstić information content (AvgIpc) is 3.04. The van der Waals surface area contributed by atoms with Gasteiger partial charge in [0, 0.05) is 30.7 Å². The minimum atomic E-state index is -4.38. The lowest BCUT2D eigenvalue weighted by molar-refractivity contribution is -0.137. The van der Waals surface area contributed by atoms with Gasteiger partial charge < -0.3 is 9.57 Å². The van der Waals surface area contributed by atoms with Crippen LogP contribution in [0.4, 0.5) is 13.2 Å². The summed E-state index contributed by atoms with van der Waals surface area (Å²) in [6, 6.07) is 7.94. The van der Waals surface area contributed by atoms with E-state index in [1.54, 1.807) is 19.1 Å². The number of halogens is 3. The third kappa shape index (κ3) is 5.43. The normalized spacial score (nSPS) is 15.5. The SMILES string of the molecule is C/C(=N\OCc1ccc(C(F)(F)F)cc1)c1ccc(OCC2C(=O)CCC2=O)nc1. The molecule has 1 aromatic heterocycles. The van der Waals surface area contributed by atoms with Crippen LogP contribution in [0.25, 0.3) is 0 Å². The molecule has 0 aliphatic heterocycles. The third-order valence-electron chi connectivity index (χ3n) is 4.66. The number of hydrogen-bond donors (Lipinski definition) is 0. The van der Waals surface area contributed by atoms with Gasteiger partial charge in [-0.1, -0.05) is 17.3 Å². The van der Waals surface area contributed by atoms with Crippen LogP contribution in [-0.2, 0) is 27.2 Å². The Bertz CT molecular complexity index is 922. The zero-order chi connectivity index (χ0) is 21.7. The lowest BCUT2D eigenvalue weighted by Crippen LogP contribution is -2.22. The second kappa shape index (κ2) is 9.06. The predicted molar refractivity (Wildman–Crippen MR) is 101 cm³/mol. The maximum absolute atomic E-state index is 12.6. The zero-order valence-electron chi connectivity index (χ0n) is 16.1. The molecule has 9 heteroatoms. The number of ether oxygens (including phenoxy) is 1. The molecule has 1 aliphatic rings. The van der Waals surface area contributed by atoms with E-state index in [0.717, 1.165) is 12.1 Å². The van der Waals surface area contributed by atoms with Crippen LogP contribution < -0.4 is 4.74 Å². The van der Waals surface area contributed by atoms with Crippen molar-refractivity contribution in [1.82, 2.24) is 4.98 Å². The smallest absolute Gasteiger partial charge is 0.416 e. The molecule has 0 amide bonds. The molecule has 1 aromatic carbocycles. The number of aromatic nitrogens is 1. The molecule has 2 aromatic rings. The Morgan fingerprint density at radius 2 is 1.77 bits per heavy atom. The summed E-state index contributed by atoms with van der Waals surface area (Å²) in [6.45, 7) is 1.70. The van der Waals surface area contributed by atoms with E-state index in [0.29, 0.717) is 16.8 Å². The molecule has 158 valence electrons. The largest absolute Gasteiger partial charge is 0.476 e. The summed E-state index contributed by atoms with van der Waals surface area (Å²) in [5.74, 6) is -0.646. The van der Waals surface area contributed by atoms with Gasteiger partial charge in [-0.25, -0.2) is 4.98 Å². The number of benzene rings is 1. The van der Waals surface area contributed by atoms with Gasteiger partial charge in [0.1, 0.15) is 30.7 Å². The van der Waals surface area contributed by atoms with Crippen molar-refractivity contribution in [2.75, 3.05) is 6.61 Å². The number of pyridine rings is 1. The fourth-order valence-electron chi connectivity index (χ4n) is 2.86. The highest BCUT2D eigenvalue weighted by molar-refractivity contribution is 6.08. The number of alkyl halides is 3. The first-order valence-corrected chi connectivity index (χ1v) is 9.21. The Morgan fingerprint density at radius 3 is 2.33 bits per heavy atom. The molecular formula is C21H19F3N2O4. The molecule has 0 saturated heterocycles. The van der Waals surface area contributed by atoms with E-state index in [9.17, 15) is 22.8 Å². The Balaban J connectivity index is 1.51. The fourth-order valence-corrected chi connectivity index (χ4v) is 2.86. The molecule has 0 spiro atoms. The van der Waals surface area contributed by atoms with Crippen molar-refractivity contribution in [2.24, 2.45) is 11.1 Å². The number of oxime groups is 1. The summed E-state index contributed by atoms with van der Waals surface area (Å²) in [5.41, 5.74) is 1.00. The minimum absolute atomic E-state index is 0.0205. The van der Waals surface area contributed by atoms with E-state index in [1.807, 2.05) is 0 Å². The van der Waals surface area contributed by atoms with Gasteiger partial charge in [-0.2, -0.15) is 13.2 Å². The van der Waals surface area contributed by atoms with Crippen molar-refractivity contribution >= 4 is 17.3 Å². The summed E-state index contributed by atoms with van der Waals surface area (Å²) < 4.78 is 43.1. The molecule has 1 saturated carbocycles. The second-order valence-electron chi connectivity index (χ2n) is 6.83. The summed E-state index contributed by atoms with van der Waals surface area (Å²) in [5, 5.41) is 3.94. The maximum Gasteiger partial charge on any atom is 0.416 e. The Morgan fingerprint density at radius 1 is 1.10 bits per heavy atom. The first-order valence-electron chi connectivity index (χ1n) is 9.21. The van der Waals surface area contributed by atoms with Crippen LogP contribution in [0, 0.1) is 5.92 Å². The minimum Gasteiger partial charge on any atom is -0.476 e. The zero-order valence-corrected chi connectivity index (χ0v) is 16.1. The predicted octanol–water partition coefficient (Wildman–Crippen LogP) is 3.97. The van der Waals surface area contributed by atoms with E-state index < -0.39 is 17.7 Å². The van der Waals surface area contributed by atoms with Crippen molar-refractivity contribution in [3.8, 4) is 5.88 Å². The van der Waals surface area contributed by atoms with Crippen LogP contribution in [0.2, 0.25) is 0 Å². The van der Waals surface area contributed by atoms with Crippen molar-refractivity contribution < 1.29 is 32.3 Å². The molecule has 1 heterocycles. The Hall–Kier alpha value is -3.23. The first-order chi connectivity index (χ1) is 14.2. The molecule has 1 fully saturated rings. The van der Waals surface area contributed by atoms with Gasteiger partial charge in [0.2, 0.25) is 5.88 Å². The maximum atomic E-state index is 12.6. The number of Topliss-reactive ketones (excluding diaryl/α,β-unsaturated/α-hetero) is 2. The van der Waals surface area contributed by atoms with Crippen LogP contribution in [0.1, 0.15) is 36.5 Å². The van der Waals surface area contributed by atoms with Gasteiger partial charge in [-0.05, 0) is 30.7 Å². The summed E-state index contributed by atoms with van der Waals surface area (Å²) >= 11 is 0. The second-order valence-corrected chi connectivity index (χ2v) is 6.83. The topological polar surface area (TPSA) is 77.9 Å². The highest BCUT2D eigenvalue weighted by Crippen LogP contribution is 2.29. The van der Waals surface area contributed by atoms with Gasteiger partial charge in [0.05, 0.1) is 11.3 Å². The lowest BCUT2D eigenvalue weighted by Gasteiger charge is -2.09. The number of rotatable bonds is 7. The average molecular weight is 420 g/mol. The number of hydrogen-bond acceptors (Lipinski definition) is 6. The standard InChI is InChI=1S/C21H19F3N2O4/c1-13(26-30-11-14-2-5-16(6-3-14)21(22,23)24)15-4-9-20(25-10-15)29-12-17-18(27)7-8-19(17)28/h2-6,9-10,17H,7-8,11-12H2,1H3/b26-13+. The van der Waals surface area contributed by atoms with Gasteiger partial charge >= 0.3 is 6.18 Å². The van der Waals surface area contributed by atoms with Crippen LogP contribution in [-0.4, -0.2) is 28.9 Å². The van der Waals surface area contributed by atoms with E-state index in [2.05, 4.69) is 10.1 Å². The van der Waals surface area contributed by atoms with Crippen LogP contribution in [0.3, 0.4) is 0 Å². The Kier molecular flexibility index (Phi) is 6.49. The van der Waals surface area contributed by atoms with Crippen molar-refractivity contribution in [1.29, 1.82) is 0 Å². The van der Waals surface area contributed by atoms with Gasteiger partial charge in [-0.3, -0.25) is 9.59 Å². The van der Waals surface area contributed by atoms with Crippen molar-refractivity contribution in [3.63, 3.8) is 0 Å². The van der Waals surface area contributed by atoms with Crippen LogP contribution >= 0.6 is 0 Å². The van der Waals surface area contributed by atoms with Crippen LogP contribution in [0.5, 0.6) is 5.88 Å². The van der Waals surface area contributed by atoms with E-state index in [1.165, 1.54) is 18.3 Å².